The van der Waals surface area contributed by atoms with Gasteiger partial charge in [-0.1, -0.05) is 91.0 Å². The van der Waals surface area contributed by atoms with Gasteiger partial charge < -0.3 is 62.9 Å². The average Bonchev–Trinajstić information content (AvgIpc) is 3.27. The first-order chi connectivity index (χ1) is 32.3. The number of aliphatic carboxylic acids is 1. The Kier molecular flexibility index (Phi) is 18.9. The standard InChI is InChI=1S/C46H52F3NO18/c1-26(51)60-25-35(64-28(3)53)38(65-29(4)54)39-36(50-43(56)46(47,48)49)33(63-27(2)52)20-45(67-39,44(57)58)68-40-37(61-22-31-16-10-6-11-17-31)34(24-59-21-30-14-8-5-9-15-30)66-42(55)41(40)62-23-32-18-12-7-13-19-32/h5-19,33-42,55H,20-25H2,1-4H3,(H,50,56)(H,57,58)/t33-,34+,35+,36+,37-,38+,39+,40-,41+,42+,45-/m0/s1. The summed E-state index contributed by atoms with van der Waals surface area (Å²) in [5.74, 6) is -12.4. The lowest BCUT2D eigenvalue weighted by Gasteiger charge is -2.51. The zero-order valence-corrected chi connectivity index (χ0v) is 37.2. The number of hydrogen-bond donors (Lipinski definition) is 3. The number of carbonyl (C=O) groups excluding carboxylic acids is 5. The molecular weight excluding hydrogens is 911 g/mol. The van der Waals surface area contributed by atoms with Gasteiger partial charge in [-0.3, -0.25) is 24.0 Å². The highest BCUT2D eigenvalue weighted by atomic mass is 19.4. The highest BCUT2D eigenvalue weighted by Crippen LogP contribution is 2.41. The van der Waals surface area contributed by atoms with Crippen LogP contribution in [-0.4, -0.2) is 132 Å². The largest absolute Gasteiger partial charge is 0.477 e. The number of alkyl halides is 3. The van der Waals surface area contributed by atoms with Gasteiger partial charge in [0.15, 0.2) is 18.5 Å². The Morgan fingerprint density at radius 1 is 0.735 bits per heavy atom. The minimum absolute atomic E-state index is 0.0367. The Balaban J connectivity index is 1.69. The van der Waals surface area contributed by atoms with E-state index in [-0.39, 0.29) is 26.4 Å². The molecule has 5 rings (SSSR count). The molecule has 0 bridgehead atoms. The van der Waals surface area contributed by atoms with Crippen molar-refractivity contribution in [1.29, 1.82) is 0 Å². The molecule has 3 aromatic carbocycles. The number of ether oxygens (including phenoxy) is 10. The molecule has 2 heterocycles. The molecule has 3 aromatic rings. The number of amides is 1. The normalized spacial score (nSPS) is 25.8. The predicted molar refractivity (Wildman–Crippen MR) is 223 cm³/mol. The van der Waals surface area contributed by atoms with Crippen molar-refractivity contribution in [2.45, 2.75) is 127 Å². The molecule has 370 valence electrons. The summed E-state index contributed by atoms with van der Waals surface area (Å²) in [4.78, 5) is 76.7. The lowest BCUT2D eigenvalue weighted by Crippen LogP contribution is -2.72. The van der Waals surface area contributed by atoms with Crippen molar-refractivity contribution in [2.75, 3.05) is 13.2 Å². The highest BCUT2D eigenvalue weighted by molar-refractivity contribution is 5.82. The fourth-order valence-corrected chi connectivity index (χ4v) is 7.53. The fourth-order valence-electron chi connectivity index (χ4n) is 7.53. The topological polar surface area (TPSA) is 247 Å². The van der Waals surface area contributed by atoms with E-state index in [2.05, 4.69) is 0 Å². The third-order valence-electron chi connectivity index (χ3n) is 10.4. The van der Waals surface area contributed by atoms with Crippen LogP contribution in [0.25, 0.3) is 0 Å². The first-order valence-electron chi connectivity index (χ1n) is 21.1. The van der Waals surface area contributed by atoms with Crippen molar-refractivity contribution in [3.63, 3.8) is 0 Å². The zero-order valence-electron chi connectivity index (χ0n) is 37.2. The molecule has 2 saturated heterocycles. The van der Waals surface area contributed by atoms with Gasteiger partial charge in [0.2, 0.25) is 0 Å². The molecule has 0 aliphatic carbocycles. The maximum Gasteiger partial charge on any atom is 0.471 e. The van der Waals surface area contributed by atoms with Crippen LogP contribution in [0, 0.1) is 0 Å². The van der Waals surface area contributed by atoms with Gasteiger partial charge in [-0.2, -0.15) is 13.2 Å². The van der Waals surface area contributed by atoms with Gasteiger partial charge in [-0.05, 0) is 16.7 Å². The zero-order chi connectivity index (χ0) is 49.6. The number of nitrogens with one attached hydrogen (secondary N) is 1. The summed E-state index contributed by atoms with van der Waals surface area (Å²) in [6.07, 6.45) is -23.9. The smallest absolute Gasteiger partial charge is 0.471 e. The summed E-state index contributed by atoms with van der Waals surface area (Å²) < 4.78 is 101. The summed E-state index contributed by atoms with van der Waals surface area (Å²) in [5, 5.41) is 24.7. The first kappa shape index (κ1) is 53.0. The number of aliphatic hydroxyl groups excluding tert-OH is 1. The van der Waals surface area contributed by atoms with Crippen molar-refractivity contribution >= 4 is 35.8 Å². The Bertz CT molecular complexity index is 2150. The highest BCUT2D eigenvalue weighted by Gasteiger charge is 2.63. The van der Waals surface area contributed by atoms with E-state index in [1.54, 1.807) is 96.3 Å². The van der Waals surface area contributed by atoms with Crippen molar-refractivity contribution in [3.05, 3.63) is 108 Å². The fraction of sp³-hybridized carbons (Fsp3) is 0.478. The number of carboxylic acid groups (broad SMARTS) is 1. The van der Waals surface area contributed by atoms with E-state index in [1.807, 2.05) is 0 Å². The Morgan fingerprint density at radius 2 is 1.26 bits per heavy atom. The summed E-state index contributed by atoms with van der Waals surface area (Å²) >= 11 is 0. The molecule has 0 saturated carbocycles. The van der Waals surface area contributed by atoms with Gasteiger partial charge in [0, 0.05) is 27.7 Å². The molecule has 11 atom stereocenters. The van der Waals surface area contributed by atoms with Gasteiger partial charge in [0.05, 0.1) is 38.9 Å². The van der Waals surface area contributed by atoms with Crippen LogP contribution in [-0.2, 0) is 96.0 Å². The molecular formula is C46H52F3NO18. The molecule has 2 aliphatic rings. The lowest BCUT2D eigenvalue weighted by molar-refractivity contribution is -0.375. The molecule has 22 heteroatoms. The lowest BCUT2D eigenvalue weighted by atomic mass is 9.87. The number of carbonyl (C=O) groups is 6. The maximum absolute atomic E-state index is 14.0. The van der Waals surface area contributed by atoms with Gasteiger partial charge >= 0.3 is 41.9 Å². The van der Waals surface area contributed by atoms with Crippen molar-refractivity contribution in [3.8, 4) is 0 Å². The molecule has 3 N–H and O–H groups in total. The van der Waals surface area contributed by atoms with Gasteiger partial charge in [-0.15, -0.1) is 0 Å². The molecule has 0 radical (unpaired) electrons. The first-order valence-corrected chi connectivity index (χ1v) is 21.1. The van der Waals surface area contributed by atoms with E-state index in [4.69, 9.17) is 47.4 Å². The minimum Gasteiger partial charge on any atom is -0.477 e. The quantitative estimate of drug-likeness (QED) is 0.102. The number of carboxylic acids is 1. The second kappa shape index (κ2) is 24.3. The molecule has 2 aliphatic heterocycles. The van der Waals surface area contributed by atoms with E-state index in [0.29, 0.717) is 11.1 Å². The van der Waals surface area contributed by atoms with Crippen LogP contribution in [0.3, 0.4) is 0 Å². The van der Waals surface area contributed by atoms with Crippen LogP contribution in [0.1, 0.15) is 50.8 Å². The van der Waals surface area contributed by atoms with Gasteiger partial charge in [0.1, 0.15) is 43.2 Å². The number of benzene rings is 3. The second-order valence-corrected chi connectivity index (χ2v) is 15.7. The number of hydrogen-bond acceptors (Lipinski definition) is 17. The van der Waals surface area contributed by atoms with Gasteiger partial charge in [0.25, 0.3) is 5.79 Å². The minimum atomic E-state index is -5.62. The number of halogens is 3. The van der Waals surface area contributed by atoms with E-state index in [9.17, 15) is 52.2 Å². The SMILES string of the molecule is CC(=O)OC[C@@H](OC(C)=O)[C@@H](OC(C)=O)[C@@H]1O[C@@](O[C@@H]2[C@@H](OCc3ccccc3)[C@H](O)O[C@H](COCc3ccccc3)[C@@H]2OCc2ccccc2)(C(=O)O)C[C@H](OC(C)=O)[C@H]1NC(=O)C(F)(F)F. The number of esters is 4. The van der Waals surface area contributed by atoms with E-state index < -0.39 is 122 Å². The molecule has 1 amide bonds. The summed E-state index contributed by atoms with van der Waals surface area (Å²) in [6, 6.07) is 23.8. The Hall–Kier alpha value is -6.01. The van der Waals surface area contributed by atoms with Gasteiger partial charge in [-0.25, -0.2) is 4.79 Å². The van der Waals surface area contributed by atoms with Crippen LogP contribution in [0.2, 0.25) is 0 Å². The maximum atomic E-state index is 14.0. The summed E-state index contributed by atoms with van der Waals surface area (Å²) in [6.45, 7) is 1.80. The monoisotopic (exact) mass is 963 g/mol. The number of aliphatic hydroxyl groups is 1. The molecule has 0 unspecified atom stereocenters. The third-order valence-corrected chi connectivity index (χ3v) is 10.4. The van der Waals surface area contributed by atoms with E-state index >= 15 is 0 Å². The predicted octanol–water partition coefficient (Wildman–Crippen LogP) is 3.45. The third kappa shape index (κ3) is 15.0. The molecule has 0 aromatic heterocycles. The van der Waals surface area contributed by atoms with E-state index in [0.717, 1.165) is 33.3 Å². The van der Waals surface area contributed by atoms with Crippen molar-refractivity contribution in [1.82, 2.24) is 5.32 Å². The van der Waals surface area contributed by atoms with E-state index in [1.165, 1.54) is 0 Å². The summed E-state index contributed by atoms with van der Waals surface area (Å²) in [7, 11) is 0. The van der Waals surface area contributed by atoms with Crippen LogP contribution in [0.4, 0.5) is 13.2 Å². The van der Waals surface area contributed by atoms with Crippen molar-refractivity contribution < 1.29 is 99.5 Å². The second-order valence-electron chi connectivity index (χ2n) is 15.7. The Morgan fingerprint density at radius 3 is 1.75 bits per heavy atom. The summed E-state index contributed by atoms with van der Waals surface area (Å²) in [5.41, 5.74) is 1.93. The number of rotatable bonds is 21. The molecule has 19 nitrogen and oxygen atoms in total. The molecule has 68 heavy (non-hydrogen) atoms. The van der Waals surface area contributed by atoms with Crippen LogP contribution in [0.15, 0.2) is 91.0 Å². The molecule has 0 spiro atoms. The van der Waals surface area contributed by atoms with Crippen LogP contribution < -0.4 is 5.32 Å². The van der Waals surface area contributed by atoms with Crippen LogP contribution in [0.5, 0.6) is 0 Å². The Labute approximate surface area is 387 Å². The van der Waals surface area contributed by atoms with Crippen molar-refractivity contribution in [2.24, 2.45) is 0 Å². The molecule has 2 fully saturated rings. The van der Waals surface area contributed by atoms with Crippen LogP contribution >= 0.6 is 0 Å². The average molecular weight is 964 g/mol.